The van der Waals surface area contributed by atoms with Crippen molar-refractivity contribution >= 4 is 28.8 Å². The number of benzene rings is 1. The van der Waals surface area contributed by atoms with Gasteiger partial charge in [-0.2, -0.15) is 0 Å². The van der Waals surface area contributed by atoms with Gasteiger partial charge >= 0.3 is 0 Å². The predicted octanol–water partition coefficient (Wildman–Crippen LogP) is 3.91. The molecule has 1 aromatic heterocycles. The Hall–Kier alpha value is -1.60. The Bertz CT molecular complexity index is 957. The fourth-order valence-corrected chi connectivity index (χ4v) is 6.30. The molecule has 2 aromatic rings. The van der Waals surface area contributed by atoms with Crippen molar-refractivity contribution in [1.29, 1.82) is 0 Å². The lowest BCUT2D eigenvalue weighted by Crippen LogP contribution is -2.23. The number of thiophene rings is 1. The number of nitrogens with one attached hydrogen (secondary N) is 1. The van der Waals surface area contributed by atoms with Gasteiger partial charge in [0.1, 0.15) is 18.5 Å². The van der Waals surface area contributed by atoms with E-state index in [-0.39, 0.29) is 19.1 Å². The summed E-state index contributed by atoms with van der Waals surface area (Å²) in [5.41, 5.74) is 3.50. The molecule has 162 valence electrons. The van der Waals surface area contributed by atoms with E-state index >= 15 is 0 Å². The average Bonchev–Trinajstić information content (AvgIpc) is 3.13. The van der Waals surface area contributed by atoms with E-state index in [1.54, 1.807) is 29.5 Å². The monoisotopic (exact) mass is 449 g/mol. The molecule has 30 heavy (non-hydrogen) atoms. The first-order chi connectivity index (χ1) is 14.3. The predicted molar refractivity (Wildman–Crippen MR) is 119 cm³/mol. The molecule has 1 amide bonds. The minimum atomic E-state index is -0.930. The van der Waals surface area contributed by atoms with Crippen LogP contribution in [0.4, 0.5) is 0 Å². The molecule has 5 nitrogen and oxygen atoms in total. The maximum atomic E-state index is 12.9. The number of halogens is 1. The summed E-state index contributed by atoms with van der Waals surface area (Å²) in [5, 5.41) is 21.7. The third-order valence-electron chi connectivity index (χ3n) is 6.33. The first kappa shape index (κ1) is 21.6. The molecule has 0 spiro atoms. The highest BCUT2D eigenvalue weighted by molar-refractivity contribution is 7.14. The van der Waals surface area contributed by atoms with Crippen molar-refractivity contribution in [2.45, 2.75) is 45.8 Å². The lowest BCUT2D eigenvalue weighted by atomic mass is 9.96. The van der Waals surface area contributed by atoms with Crippen molar-refractivity contribution in [3.05, 3.63) is 49.7 Å². The molecule has 1 aromatic carbocycles. The summed E-state index contributed by atoms with van der Waals surface area (Å²) in [6.45, 7) is 6.71. The van der Waals surface area contributed by atoms with Crippen LogP contribution in [0.1, 0.15) is 51.0 Å². The second kappa shape index (κ2) is 8.50. The van der Waals surface area contributed by atoms with E-state index in [1.807, 2.05) is 0 Å². The number of rotatable bonds is 8. The summed E-state index contributed by atoms with van der Waals surface area (Å²) in [6, 6.07) is 5.19. The maximum Gasteiger partial charge on any atom is 0.261 e. The summed E-state index contributed by atoms with van der Waals surface area (Å²) in [7, 11) is 0. The minimum Gasteiger partial charge on any atom is -0.491 e. The molecule has 1 unspecified atom stereocenters. The van der Waals surface area contributed by atoms with Crippen LogP contribution in [-0.4, -0.2) is 35.4 Å². The van der Waals surface area contributed by atoms with E-state index < -0.39 is 6.10 Å². The quantitative estimate of drug-likeness (QED) is 0.570. The van der Waals surface area contributed by atoms with Gasteiger partial charge in [-0.05, 0) is 65.8 Å². The van der Waals surface area contributed by atoms with Gasteiger partial charge in [-0.15, -0.1) is 11.3 Å². The van der Waals surface area contributed by atoms with Crippen LogP contribution in [0, 0.1) is 24.7 Å². The molecule has 0 bridgehead atoms. The molecular formula is C23H28ClNO4S. The van der Waals surface area contributed by atoms with Crippen molar-refractivity contribution < 1.29 is 19.7 Å². The number of aliphatic hydroxyl groups excluding tert-OH is 2. The first-order valence-corrected chi connectivity index (χ1v) is 11.6. The standard InChI is InChI=1S/C23H28ClNO4S/c1-11(2)19-16-7-17-20(21(16)19)12(3)30-22(17)23(28)25-8-13-4-5-15(6-18(13)24)29-10-14(27)9-26/h4-6,11,14,16,19,21,26-27H,7-10H2,1-3H3,(H,25,28)/t14-,16-,19?,21-/m0/s1. The Morgan fingerprint density at radius 2 is 2.17 bits per heavy atom. The van der Waals surface area contributed by atoms with Crippen molar-refractivity contribution in [3.63, 3.8) is 0 Å². The third-order valence-corrected chi connectivity index (χ3v) is 7.84. The third kappa shape index (κ3) is 3.98. The molecule has 0 aliphatic heterocycles. The number of carbonyl (C=O) groups excluding carboxylic acids is 1. The van der Waals surface area contributed by atoms with Gasteiger partial charge in [0.05, 0.1) is 11.5 Å². The SMILES string of the molecule is Cc1sc(C(=O)NCc2ccc(OC[C@@H](O)CO)cc2Cl)c2c1[C@@H]1C(C(C)C)[C@@H]1C2. The summed E-state index contributed by atoms with van der Waals surface area (Å²) >= 11 is 7.95. The van der Waals surface area contributed by atoms with E-state index in [0.29, 0.717) is 29.2 Å². The normalized spacial score (nSPS) is 22.6. The van der Waals surface area contributed by atoms with E-state index in [2.05, 4.69) is 26.1 Å². The zero-order valence-electron chi connectivity index (χ0n) is 17.4. The zero-order valence-corrected chi connectivity index (χ0v) is 19.0. The smallest absolute Gasteiger partial charge is 0.261 e. The van der Waals surface area contributed by atoms with Crippen LogP contribution < -0.4 is 10.1 Å². The van der Waals surface area contributed by atoms with Gasteiger partial charge in [-0.3, -0.25) is 4.79 Å². The topological polar surface area (TPSA) is 78.8 Å². The van der Waals surface area contributed by atoms with Crippen molar-refractivity contribution in [1.82, 2.24) is 5.32 Å². The number of aryl methyl sites for hydroxylation is 1. The first-order valence-electron chi connectivity index (χ1n) is 10.4. The molecule has 4 rings (SSSR count). The van der Waals surface area contributed by atoms with Gasteiger partial charge in [0.15, 0.2) is 0 Å². The summed E-state index contributed by atoms with van der Waals surface area (Å²) < 4.78 is 5.40. The highest BCUT2D eigenvalue weighted by Crippen LogP contribution is 2.66. The number of hydrogen-bond acceptors (Lipinski definition) is 5. The van der Waals surface area contributed by atoms with Crippen molar-refractivity contribution in [3.8, 4) is 5.75 Å². The van der Waals surface area contributed by atoms with Gasteiger partial charge in [0.25, 0.3) is 5.91 Å². The summed E-state index contributed by atoms with van der Waals surface area (Å²) in [4.78, 5) is 15.0. The molecule has 0 saturated heterocycles. The zero-order chi connectivity index (χ0) is 21.6. The van der Waals surface area contributed by atoms with Crippen molar-refractivity contribution in [2.24, 2.45) is 17.8 Å². The Balaban J connectivity index is 1.39. The van der Waals surface area contributed by atoms with Crippen LogP contribution in [0.2, 0.25) is 5.02 Å². The molecule has 1 saturated carbocycles. The molecule has 2 aliphatic rings. The van der Waals surface area contributed by atoms with E-state index in [4.69, 9.17) is 21.4 Å². The second-order valence-electron chi connectivity index (χ2n) is 8.68. The maximum absolute atomic E-state index is 12.9. The van der Waals surface area contributed by atoms with Gasteiger partial charge in [-0.25, -0.2) is 0 Å². The fraction of sp³-hybridized carbons (Fsp3) is 0.522. The Morgan fingerprint density at radius 1 is 1.40 bits per heavy atom. The van der Waals surface area contributed by atoms with Crippen LogP contribution in [0.3, 0.4) is 0 Å². The van der Waals surface area contributed by atoms with E-state index in [0.717, 1.165) is 28.7 Å². The molecule has 7 heteroatoms. The van der Waals surface area contributed by atoms with E-state index in [1.165, 1.54) is 16.0 Å². The van der Waals surface area contributed by atoms with Crippen molar-refractivity contribution in [2.75, 3.05) is 13.2 Å². The highest BCUT2D eigenvalue weighted by Gasteiger charge is 2.58. The second-order valence-corrected chi connectivity index (χ2v) is 10.3. The van der Waals surface area contributed by atoms with Gasteiger partial charge in [-0.1, -0.05) is 31.5 Å². The number of hydrogen-bond donors (Lipinski definition) is 3. The van der Waals surface area contributed by atoms with Gasteiger partial charge in [0, 0.05) is 16.4 Å². The Labute approximate surface area is 186 Å². The van der Waals surface area contributed by atoms with Crippen LogP contribution in [0.25, 0.3) is 0 Å². The number of carbonyl (C=O) groups is 1. The van der Waals surface area contributed by atoms with Crippen LogP contribution in [0.15, 0.2) is 18.2 Å². The number of aliphatic hydroxyl groups is 2. The van der Waals surface area contributed by atoms with Crippen LogP contribution in [-0.2, 0) is 13.0 Å². The number of ether oxygens (including phenoxy) is 1. The molecule has 1 heterocycles. The largest absolute Gasteiger partial charge is 0.491 e. The van der Waals surface area contributed by atoms with Crippen LogP contribution >= 0.6 is 22.9 Å². The van der Waals surface area contributed by atoms with Gasteiger partial charge < -0.3 is 20.3 Å². The number of amides is 1. The Kier molecular flexibility index (Phi) is 6.13. The molecule has 1 fully saturated rings. The lowest BCUT2D eigenvalue weighted by Gasteiger charge is -2.12. The molecule has 3 N–H and O–H groups in total. The lowest BCUT2D eigenvalue weighted by molar-refractivity contribution is 0.0536. The average molecular weight is 450 g/mol. The molecule has 2 aliphatic carbocycles. The summed E-state index contributed by atoms with van der Waals surface area (Å²) in [6.07, 6.45) is 0.100. The summed E-state index contributed by atoms with van der Waals surface area (Å²) in [5.74, 6) is 3.33. The van der Waals surface area contributed by atoms with Crippen LogP contribution in [0.5, 0.6) is 5.75 Å². The van der Waals surface area contributed by atoms with E-state index in [9.17, 15) is 9.90 Å². The number of fused-ring (bicyclic) bond motifs is 3. The molecule has 0 radical (unpaired) electrons. The minimum absolute atomic E-state index is 0.00853. The molecule has 4 atom stereocenters. The fourth-order valence-electron chi connectivity index (χ4n) is 4.90. The molecular weight excluding hydrogens is 422 g/mol. The Morgan fingerprint density at radius 3 is 2.83 bits per heavy atom. The van der Waals surface area contributed by atoms with Gasteiger partial charge in [0.2, 0.25) is 0 Å². The highest BCUT2D eigenvalue weighted by atomic mass is 35.5.